The van der Waals surface area contributed by atoms with Gasteiger partial charge >= 0.3 is 0 Å². The summed E-state index contributed by atoms with van der Waals surface area (Å²) in [7, 11) is 0. The van der Waals surface area contributed by atoms with Crippen LogP contribution in [0.3, 0.4) is 0 Å². The summed E-state index contributed by atoms with van der Waals surface area (Å²) in [6.45, 7) is 25.0. The monoisotopic (exact) mass is 1180 g/mol. The van der Waals surface area contributed by atoms with Gasteiger partial charge in [0.25, 0.3) is 0 Å². The molecule has 8 bridgehead atoms. The van der Waals surface area contributed by atoms with Crippen molar-refractivity contribution in [3.8, 4) is 23.0 Å². The van der Waals surface area contributed by atoms with Crippen LogP contribution < -0.4 is 30.7 Å². The third kappa shape index (κ3) is 15.1. The summed E-state index contributed by atoms with van der Waals surface area (Å²) < 4.78 is 25.0. The fourth-order valence-corrected chi connectivity index (χ4v) is 10.9. The largest absolute Gasteiger partial charge is 0.507 e. The number of aromatic hydroxyl groups is 2. The lowest BCUT2D eigenvalue weighted by atomic mass is 9.79. The summed E-state index contributed by atoms with van der Waals surface area (Å²) in [4.78, 5) is 0. The van der Waals surface area contributed by atoms with Gasteiger partial charge in [-0.05, 0) is 113 Å². The van der Waals surface area contributed by atoms with E-state index in [0.29, 0.717) is 33.8 Å². The molecule has 2 heterocycles. The Bertz CT molecular complexity index is 2640. The second-order valence-corrected chi connectivity index (χ2v) is 27.1. The Morgan fingerprint density at radius 2 is 0.695 bits per heavy atom. The number of thiocarbonyl (C=S) groups is 2. The van der Waals surface area contributed by atoms with Crippen LogP contribution in [0, 0.1) is 0 Å². The van der Waals surface area contributed by atoms with Gasteiger partial charge < -0.3 is 91.3 Å². The minimum absolute atomic E-state index is 0.0713. The normalized spacial score (nSPS) is 24.3. The number of ether oxygens (including phenoxy) is 4. The highest BCUT2D eigenvalue weighted by Crippen LogP contribution is 2.44. The van der Waals surface area contributed by atoms with Crippen molar-refractivity contribution >= 4 is 34.7 Å². The number of phenols is 2. The molecule has 4 aromatic rings. The topological polar surface area (TPSA) is 287 Å². The Morgan fingerprint density at radius 3 is 0.939 bits per heavy atom. The molecule has 0 radical (unpaired) electrons. The number of aliphatic hydroxyl groups excluding tert-OH is 8. The van der Waals surface area contributed by atoms with Gasteiger partial charge in [-0.1, -0.05) is 132 Å². The molecule has 18 nitrogen and oxygen atoms in total. The molecule has 82 heavy (non-hydrogen) atoms. The summed E-state index contributed by atoms with van der Waals surface area (Å²) in [6.07, 6.45) is -13.0. The number of hydrogen-bond donors (Lipinski definition) is 14. The first-order valence-electron chi connectivity index (χ1n) is 28.2. The van der Waals surface area contributed by atoms with Crippen LogP contribution in [0.2, 0.25) is 0 Å². The molecule has 20 heteroatoms. The fraction of sp³-hybridized carbons (Fsp3) is 0.581. The van der Waals surface area contributed by atoms with Crippen LogP contribution in [-0.2, 0) is 56.8 Å². The maximum Gasteiger partial charge on any atom is 0.168 e. The molecule has 0 unspecified atom stereocenters. The zero-order valence-electron chi connectivity index (χ0n) is 49.4. The van der Waals surface area contributed by atoms with Gasteiger partial charge in [0, 0.05) is 25.7 Å². The maximum atomic E-state index is 12.8. The van der Waals surface area contributed by atoms with E-state index in [4.69, 9.17) is 43.4 Å². The molecule has 0 aromatic heterocycles. The molecule has 3 aliphatic rings. The summed E-state index contributed by atoms with van der Waals surface area (Å²) >= 11 is 11.1. The quantitative estimate of drug-likeness (QED) is 0.0614. The first-order chi connectivity index (χ1) is 38.2. The highest BCUT2D eigenvalue weighted by molar-refractivity contribution is 7.80. The summed E-state index contributed by atoms with van der Waals surface area (Å²) in [6, 6.07) is 16.8. The van der Waals surface area contributed by atoms with Gasteiger partial charge in [-0.3, -0.25) is 0 Å². The third-order valence-corrected chi connectivity index (χ3v) is 16.1. The molecular formula is C62H88N4O14S2. The lowest BCUT2D eigenvalue weighted by Crippen LogP contribution is -2.64. The Balaban J connectivity index is 1.32. The van der Waals surface area contributed by atoms with Crippen molar-refractivity contribution < 1.29 is 70.0 Å². The second-order valence-electron chi connectivity index (χ2n) is 26.2. The van der Waals surface area contributed by atoms with Gasteiger partial charge in [-0.25, -0.2) is 0 Å². The van der Waals surface area contributed by atoms with Gasteiger partial charge in [-0.2, -0.15) is 0 Å². The van der Waals surface area contributed by atoms with Crippen molar-refractivity contribution in [2.75, 3.05) is 39.5 Å². The van der Waals surface area contributed by atoms with Gasteiger partial charge in [0.2, 0.25) is 0 Å². The Labute approximate surface area is 493 Å². The van der Waals surface area contributed by atoms with Crippen LogP contribution in [0.4, 0.5) is 0 Å². The van der Waals surface area contributed by atoms with E-state index in [9.17, 15) is 51.1 Å². The number of rotatable bonds is 12. The van der Waals surface area contributed by atoms with Gasteiger partial charge in [0.15, 0.2) is 22.7 Å². The van der Waals surface area contributed by atoms with Crippen molar-refractivity contribution in [1.29, 1.82) is 0 Å². The molecule has 0 spiro atoms. The molecule has 4 aromatic carbocycles. The zero-order chi connectivity index (χ0) is 60.6. The van der Waals surface area contributed by atoms with Crippen LogP contribution in [0.25, 0.3) is 0 Å². The van der Waals surface area contributed by atoms with E-state index in [2.05, 4.69) is 153 Å². The molecule has 2 fully saturated rings. The fourth-order valence-electron chi connectivity index (χ4n) is 10.5. The molecule has 7 rings (SSSR count). The minimum atomic E-state index is -1.59. The summed E-state index contributed by atoms with van der Waals surface area (Å²) in [5.74, 6) is 1.40. The van der Waals surface area contributed by atoms with Gasteiger partial charge in [0.05, 0.1) is 26.3 Å². The molecule has 2 saturated heterocycles. The Kier molecular flexibility index (Phi) is 20.3. The van der Waals surface area contributed by atoms with E-state index in [1.807, 2.05) is 0 Å². The highest BCUT2D eigenvalue weighted by atomic mass is 32.1. The van der Waals surface area contributed by atoms with Gasteiger partial charge in [-0.15, -0.1) is 0 Å². The van der Waals surface area contributed by atoms with E-state index in [1.54, 1.807) is 0 Å². The van der Waals surface area contributed by atoms with Crippen LogP contribution in [0.15, 0.2) is 48.5 Å². The SMILES string of the molecule is CC(C)(C)c1cc2c(O)c(c1)Cc1cc(C(C)(C)C)cc(c1OCCNC(=S)N[C@H]1O[C@H](CO)[C@@H](O)[C@H](O)[C@@H]1O)Cc1cc(C(C)(C)C)cc(c1O)Cc1cc(C(C)(C)C)cc(c1OCCNC(=S)N[C@H]1O[C@H](CO)[C@@H](O)[C@H](O)[C@@H]1O)C2. The molecular weight excluding hydrogens is 1090 g/mol. The lowest BCUT2D eigenvalue weighted by molar-refractivity contribution is -0.232. The number of aliphatic hydroxyl groups is 8. The van der Waals surface area contributed by atoms with Crippen LogP contribution in [-0.4, -0.2) is 162 Å². The first-order valence-corrected chi connectivity index (χ1v) is 29.0. The van der Waals surface area contributed by atoms with Crippen molar-refractivity contribution in [3.05, 3.63) is 115 Å². The van der Waals surface area contributed by atoms with Crippen LogP contribution >= 0.6 is 24.4 Å². The van der Waals surface area contributed by atoms with E-state index in [1.165, 1.54) is 0 Å². The number of hydrogen-bond acceptors (Lipinski definition) is 16. The van der Waals surface area contributed by atoms with E-state index in [0.717, 1.165) is 44.5 Å². The summed E-state index contributed by atoms with van der Waals surface area (Å²) in [5, 5.41) is 120. The predicted octanol–water partition coefficient (Wildman–Crippen LogP) is 4.25. The van der Waals surface area contributed by atoms with Crippen LogP contribution in [0.5, 0.6) is 23.0 Å². The van der Waals surface area contributed by atoms with E-state index >= 15 is 0 Å². The van der Waals surface area contributed by atoms with E-state index < -0.39 is 74.5 Å². The van der Waals surface area contributed by atoms with Gasteiger partial charge in [0.1, 0.15) is 85.0 Å². The number of nitrogens with one attached hydrogen (secondary N) is 4. The average molecular weight is 1180 g/mol. The lowest BCUT2D eigenvalue weighted by Gasteiger charge is -2.40. The molecule has 10 atom stereocenters. The van der Waals surface area contributed by atoms with E-state index in [-0.39, 0.29) is 95.4 Å². The molecule has 0 amide bonds. The second kappa shape index (κ2) is 25.7. The maximum absolute atomic E-state index is 12.8. The van der Waals surface area contributed by atoms with Crippen molar-refractivity contribution in [1.82, 2.24) is 21.3 Å². The zero-order valence-corrected chi connectivity index (χ0v) is 51.0. The smallest absolute Gasteiger partial charge is 0.168 e. The molecule has 1 aliphatic carbocycles. The number of phenolic OH excluding ortho intramolecular Hbond substituents is 2. The van der Waals surface area contributed by atoms with Crippen molar-refractivity contribution in [2.24, 2.45) is 0 Å². The molecule has 0 saturated carbocycles. The summed E-state index contributed by atoms with van der Waals surface area (Å²) in [5.41, 5.74) is 8.65. The van der Waals surface area contributed by atoms with Crippen molar-refractivity contribution in [2.45, 2.75) is 192 Å². The molecule has 452 valence electrons. The van der Waals surface area contributed by atoms with Crippen molar-refractivity contribution in [3.63, 3.8) is 0 Å². The third-order valence-electron chi connectivity index (χ3n) is 15.6. The molecule has 14 N–H and O–H groups in total. The standard InChI is InChI=1S/C62H88N4O14S2/c1-59(2,3)39-21-31-17-35-25-41(61(7,8)9)27-37(53(35)77-15-13-63-57(81)65-55-51(75)49(73)47(71)43(29-67)79-55)19-33-23-40(60(4,5)6)24-34(46(33)70)20-38-28-42(62(10,11)12)26-36(18-32(22-39)45(31)69)54(38)78-16-14-64-58(82)66-56-52(76)50(74)48(72)44(30-68)80-56/h21-28,43-44,47-52,55-56,67-76H,13-20,29-30H2,1-12H3,(H2,63,65,81)(H2,64,66,82)/t43-,44-,47-,48-,49+,50+,51+,52+,55+,56+/m1/s1. The van der Waals surface area contributed by atoms with Crippen LogP contribution in [0.1, 0.15) is 150 Å². The first kappa shape index (κ1) is 64.6. The predicted molar refractivity (Wildman–Crippen MR) is 321 cm³/mol. The number of fused-ring (bicyclic) bond motifs is 8. The number of benzene rings is 4. The Morgan fingerprint density at radius 1 is 0.439 bits per heavy atom. The Hall–Kier alpha value is -4.94. The highest BCUT2D eigenvalue weighted by Gasteiger charge is 2.45. The minimum Gasteiger partial charge on any atom is -0.507 e. The molecule has 2 aliphatic heterocycles. The average Bonchev–Trinajstić information content (AvgIpc) is 3.60.